The van der Waals surface area contributed by atoms with Crippen LogP contribution < -0.4 is 16.0 Å². The van der Waals surface area contributed by atoms with E-state index >= 15 is 0 Å². The molecule has 0 radical (unpaired) electrons. The number of halogens is 2. The summed E-state index contributed by atoms with van der Waals surface area (Å²) >= 11 is 1.63. The van der Waals surface area contributed by atoms with E-state index in [9.17, 15) is 18.4 Å². The zero-order valence-corrected chi connectivity index (χ0v) is 17.9. The first-order valence-electron chi connectivity index (χ1n) is 9.81. The van der Waals surface area contributed by atoms with Crippen molar-refractivity contribution in [1.29, 1.82) is 0 Å². The number of nitrogens with zero attached hydrogens (tertiary/aromatic N) is 3. The molecule has 31 heavy (non-hydrogen) atoms. The minimum Gasteiger partial charge on any atom is -0.366 e. The number of aromatic nitrogens is 2. The maximum atomic E-state index is 14.1. The molecule has 1 aliphatic rings. The summed E-state index contributed by atoms with van der Waals surface area (Å²) in [6.45, 7) is 5.33. The first kappa shape index (κ1) is 21.1. The van der Waals surface area contributed by atoms with E-state index in [0.717, 1.165) is 27.7 Å². The molecular formula is C21H21F2N5O2S. The fourth-order valence-electron chi connectivity index (χ4n) is 3.83. The van der Waals surface area contributed by atoms with E-state index < -0.39 is 23.1 Å². The Labute approximate surface area is 181 Å². The van der Waals surface area contributed by atoms with Gasteiger partial charge >= 0.3 is 0 Å². The summed E-state index contributed by atoms with van der Waals surface area (Å²) in [6.07, 6.45) is 2.65. The zero-order chi connectivity index (χ0) is 22.3. The maximum absolute atomic E-state index is 14.1. The van der Waals surface area contributed by atoms with Crippen LogP contribution in [0.3, 0.4) is 0 Å². The van der Waals surface area contributed by atoms with E-state index in [1.165, 1.54) is 4.88 Å². The molecule has 1 fully saturated rings. The van der Waals surface area contributed by atoms with Crippen LogP contribution in [-0.2, 0) is 4.79 Å². The zero-order valence-electron chi connectivity index (χ0n) is 17.0. The van der Waals surface area contributed by atoms with Crippen LogP contribution in [0.1, 0.15) is 33.6 Å². The van der Waals surface area contributed by atoms with E-state index in [1.807, 2.05) is 0 Å². The van der Waals surface area contributed by atoms with Gasteiger partial charge in [0, 0.05) is 30.0 Å². The monoisotopic (exact) mass is 445 g/mol. The van der Waals surface area contributed by atoms with Crippen molar-refractivity contribution in [2.75, 3.05) is 23.3 Å². The molecule has 2 aromatic heterocycles. The van der Waals surface area contributed by atoms with Gasteiger partial charge in [-0.1, -0.05) is 0 Å². The second kappa shape index (κ2) is 8.18. The highest BCUT2D eigenvalue weighted by Gasteiger charge is 2.28. The van der Waals surface area contributed by atoms with Crippen LogP contribution >= 0.6 is 11.3 Å². The van der Waals surface area contributed by atoms with Crippen molar-refractivity contribution in [2.24, 2.45) is 11.7 Å². The summed E-state index contributed by atoms with van der Waals surface area (Å²) in [6, 6.07) is 1.48. The highest BCUT2D eigenvalue weighted by Crippen LogP contribution is 2.35. The van der Waals surface area contributed by atoms with Crippen molar-refractivity contribution in [1.82, 2.24) is 9.97 Å². The number of aryl methyl sites for hydroxylation is 2. The van der Waals surface area contributed by atoms with Gasteiger partial charge in [0.1, 0.15) is 28.6 Å². The van der Waals surface area contributed by atoms with Gasteiger partial charge in [-0.15, -0.1) is 11.3 Å². The van der Waals surface area contributed by atoms with E-state index in [1.54, 1.807) is 17.7 Å². The van der Waals surface area contributed by atoms with Crippen molar-refractivity contribution < 1.29 is 18.4 Å². The lowest BCUT2D eigenvalue weighted by atomic mass is 9.95. The number of anilines is 2. The van der Waals surface area contributed by atoms with E-state index in [2.05, 4.69) is 34.0 Å². The van der Waals surface area contributed by atoms with Gasteiger partial charge in [0.25, 0.3) is 5.91 Å². The minimum atomic E-state index is -1.06. The molecule has 4 rings (SSSR count). The normalized spacial score (nSPS) is 14.8. The van der Waals surface area contributed by atoms with Gasteiger partial charge in [-0.05, 0) is 38.3 Å². The van der Waals surface area contributed by atoms with Gasteiger partial charge < -0.3 is 16.0 Å². The molecule has 0 spiro atoms. The highest BCUT2D eigenvalue weighted by molar-refractivity contribution is 7.18. The molecule has 0 bridgehead atoms. The predicted octanol–water partition coefficient (Wildman–Crippen LogP) is 3.54. The number of primary amides is 1. The van der Waals surface area contributed by atoms with Gasteiger partial charge in [0.2, 0.25) is 5.91 Å². The number of hydrogen-bond acceptors (Lipinski definition) is 6. The number of carbonyl (C=O) groups excluding carboxylic acids is 2. The molecular weight excluding hydrogens is 424 g/mol. The molecule has 0 unspecified atom stereocenters. The molecule has 1 aliphatic heterocycles. The van der Waals surface area contributed by atoms with Gasteiger partial charge in [0.05, 0.1) is 16.6 Å². The molecule has 1 aromatic carbocycles. The van der Waals surface area contributed by atoms with Crippen LogP contribution in [0.15, 0.2) is 18.5 Å². The summed E-state index contributed by atoms with van der Waals surface area (Å²) in [4.78, 5) is 37.1. The quantitative estimate of drug-likeness (QED) is 0.640. The molecule has 7 nitrogen and oxygen atoms in total. The number of nitrogens with one attached hydrogen (secondary N) is 1. The fourth-order valence-corrected chi connectivity index (χ4v) is 4.82. The molecule has 0 saturated carbocycles. The smallest absolute Gasteiger partial charge is 0.251 e. The number of hydrogen-bond donors (Lipinski definition) is 2. The summed E-state index contributed by atoms with van der Waals surface area (Å²) in [5.74, 6) is -2.92. The van der Waals surface area contributed by atoms with Crippen LogP contribution in [0, 0.1) is 31.4 Å². The lowest BCUT2D eigenvalue weighted by Gasteiger charge is -2.32. The van der Waals surface area contributed by atoms with Crippen LogP contribution in [0.2, 0.25) is 0 Å². The summed E-state index contributed by atoms with van der Waals surface area (Å²) in [5, 5.41) is 3.51. The standard InChI is InChI=1S/C21H21F2N5O2S/c1-10-11(2)31-21-17(10)19(25-9-26-21)28-5-3-12(4-6-28)20(30)27-16-7-13(18(24)29)14(22)8-15(16)23/h7-9,12H,3-6H2,1-2H3,(H2,24,29)(H,27,30). The second-order valence-corrected chi connectivity index (χ2v) is 8.79. The Bertz CT molecular complexity index is 1190. The summed E-state index contributed by atoms with van der Waals surface area (Å²) < 4.78 is 27.7. The first-order valence-corrected chi connectivity index (χ1v) is 10.6. The third-order valence-electron chi connectivity index (χ3n) is 5.69. The fraction of sp³-hybridized carbons (Fsp3) is 0.333. The molecule has 0 aliphatic carbocycles. The van der Waals surface area contributed by atoms with Crippen LogP contribution in [-0.4, -0.2) is 34.9 Å². The Hall–Kier alpha value is -3.14. The van der Waals surface area contributed by atoms with Crippen molar-refractivity contribution >= 4 is 44.9 Å². The maximum Gasteiger partial charge on any atom is 0.251 e. The average Bonchev–Trinajstić information content (AvgIpc) is 3.03. The number of amides is 2. The van der Waals surface area contributed by atoms with E-state index in [-0.39, 0.29) is 17.5 Å². The van der Waals surface area contributed by atoms with Crippen molar-refractivity contribution in [3.05, 3.63) is 46.1 Å². The molecule has 3 aromatic rings. The Morgan fingerprint density at radius 1 is 1.16 bits per heavy atom. The van der Waals surface area contributed by atoms with Crippen LogP contribution in [0.5, 0.6) is 0 Å². The number of nitrogens with two attached hydrogens (primary N) is 1. The number of piperidine rings is 1. The Balaban J connectivity index is 1.47. The van der Waals surface area contributed by atoms with Crippen LogP contribution in [0.4, 0.5) is 20.3 Å². The number of thiophene rings is 1. The topological polar surface area (TPSA) is 101 Å². The summed E-state index contributed by atoms with van der Waals surface area (Å²) in [5.41, 5.74) is 5.53. The molecule has 1 saturated heterocycles. The van der Waals surface area contributed by atoms with Crippen molar-refractivity contribution in [3.8, 4) is 0 Å². The molecule has 10 heteroatoms. The van der Waals surface area contributed by atoms with Crippen molar-refractivity contribution in [3.63, 3.8) is 0 Å². The number of rotatable bonds is 4. The second-order valence-electron chi connectivity index (χ2n) is 7.59. The Morgan fingerprint density at radius 2 is 1.87 bits per heavy atom. The van der Waals surface area contributed by atoms with E-state index in [0.29, 0.717) is 32.0 Å². The Kier molecular flexibility index (Phi) is 5.57. The third kappa shape index (κ3) is 3.95. The minimum absolute atomic E-state index is 0.260. The van der Waals surface area contributed by atoms with Gasteiger partial charge in [-0.3, -0.25) is 9.59 Å². The SMILES string of the molecule is Cc1sc2ncnc(N3CCC(C(=O)Nc4cc(C(N)=O)c(F)cc4F)CC3)c2c1C. The van der Waals surface area contributed by atoms with Gasteiger partial charge in [-0.2, -0.15) is 0 Å². The van der Waals surface area contributed by atoms with Gasteiger partial charge in [0.15, 0.2) is 0 Å². The molecule has 2 amide bonds. The average molecular weight is 445 g/mol. The lowest BCUT2D eigenvalue weighted by Crippen LogP contribution is -2.38. The summed E-state index contributed by atoms with van der Waals surface area (Å²) in [7, 11) is 0. The first-order chi connectivity index (χ1) is 14.8. The number of benzene rings is 1. The molecule has 3 heterocycles. The molecule has 162 valence electrons. The molecule has 3 N–H and O–H groups in total. The predicted molar refractivity (Wildman–Crippen MR) is 115 cm³/mol. The highest BCUT2D eigenvalue weighted by atomic mass is 32.1. The number of fused-ring (bicyclic) bond motifs is 1. The molecule has 0 atom stereocenters. The third-order valence-corrected chi connectivity index (χ3v) is 6.81. The van der Waals surface area contributed by atoms with Gasteiger partial charge in [-0.25, -0.2) is 18.7 Å². The Morgan fingerprint density at radius 3 is 2.55 bits per heavy atom. The van der Waals surface area contributed by atoms with Crippen molar-refractivity contribution in [2.45, 2.75) is 26.7 Å². The number of carbonyl (C=O) groups is 2. The van der Waals surface area contributed by atoms with E-state index in [4.69, 9.17) is 5.73 Å². The van der Waals surface area contributed by atoms with Crippen LogP contribution in [0.25, 0.3) is 10.2 Å². The largest absolute Gasteiger partial charge is 0.366 e. The lowest BCUT2D eigenvalue weighted by molar-refractivity contribution is -0.120.